The van der Waals surface area contributed by atoms with Crippen molar-refractivity contribution in [3.8, 4) is 22.5 Å². The maximum atomic E-state index is 5.61. The first-order chi connectivity index (χ1) is 17.7. The highest BCUT2D eigenvalue weighted by Gasteiger charge is 2.26. The number of hydrogen-bond acceptors (Lipinski definition) is 6. The molecule has 0 unspecified atom stereocenters. The van der Waals surface area contributed by atoms with E-state index in [9.17, 15) is 0 Å². The predicted octanol–water partition coefficient (Wildman–Crippen LogP) is 4.21. The molecular formula is C27H30N8O. The van der Waals surface area contributed by atoms with E-state index in [0.29, 0.717) is 37.9 Å². The molecular weight excluding hydrogens is 452 g/mol. The predicted molar refractivity (Wildman–Crippen MR) is 142 cm³/mol. The van der Waals surface area contributed by atoms with E-state index in [0.717, 1.165) is 47.1 Å². The van der Waals surface area contributed by atoms with Crippen LogP contribution in [0.1, 0.15) is 18.3 Å². The van der Waals surface area contributed by atoms with Crippen LogP contribution in [0.4, 0.5) is 5.82 Å². The second-order valence-electron chi connectivity index (χ2n) is 8.50. The third kappa shape index (κ3) is 4.70. The smallest absolute Gasteiger partial charge is 0.163 e. The van der Waals surface area contributed by atoms with Crippen molar-refractivity contribution >= 4 is 18.4 Å². The molecule has 1 saturated heterocycles. The molecule has 4 aromatic rings. The summed E-state index contributed by atoms with van der Waals surface area (Å²) in [6.45, 7) is 11.8. The monoisotopic (exact) mass is 482 g/mol. The molecule has 9 nitrogen and oxygen atoms in total. The van der Waals surface area contributed by atoms with Crippen molar-refractivity contribution in [1.29, 1.82) is 0 Å². The summed E-state index contributed by atoms with van der Waals surface area (Å²) in [5.41, 5.74) is 4.89. The van der Waals surface area contributed by atoms with Crippen LogP contribution >= 0.6 is 0 Å². The Balaban J connectivity index is 1.56. The first-order valence-electron chi connectivity index (χ1n) is 12.1. The van der Waals surface area contributed by atoms with Gasteiger partial charge in [0.05, 0.1) is 18.9 Å². The summed E-state index contributed by atoms with van der Waals surface area (Å²) in [6, 6.07) is 14.2. The lowest BCUT2D eigenvalue weighted by Gasteiger charge is -2.29. The van der Waals surface area contributed by atoms with Gasteiger partial charge in [0.2, 0.25) is 0 Å². The zero-order valence-electron chi connectivity index (χ0n) is 20.7. The molecule has 0 radical (unpaired) electrons. The Bertz CT molecular complexity index is 1350. The molecule has 0 aliphatic carbocycles. The largest absolute Gasteiger partial charge is 0.378 e. The summed E-state index contributed by atoms with van der Waals surface area (Å²) < 4.78 is 9.55. The number of imidazole rings is 1. The zero-order chi connectivity index (χ0) is 24.9. The molecule has 9 heteroatoms. The highest BCUT2D eigenvalue weighted by Crippen LogP contribution is 2.29. The van der Waals surface area contributed by atoms with Crippen LogP contribution in [0.15, 0.2) is 71.0 Å². The highest BCUT2D eigenvalue weighted by molar-refractivity contribution is 6.01. The number of aryl methyl sites for hydroxylation is 1. The maximum absolute atomic E-state index is 5.61. The van der Waals surface area contributed by atoms with Crippen molar-refractivity contribution in [3.63, 3.8) is 0 Å². The number of amidine groups is 1. The summed E-state index contributed by atoms with van der Waals surface area (Å²) in [4.78, 5) is 20.8. The average Bonchev–Trinajstić information content (AvgIpc) is 3.50. The minimum atomic E-state index is 0.362. The van der Waals surface area contributed by atoms with Crippen LogP contribution in [-0.2, 0) is 18.0 Å². The van der Waals surface area contributed by atoms with E-state index in [-0.39, 0.29) is 0 Å². The normalized spacial score (nSPS) is 14.3. The van der Waals surface area contributed by atoms with Crippen LogP contribution in [0.2, 0.25) is 0 Å². The molecule has 1 aromatic carbocycles. The third-order valence-electron chi connectivity index (χ3n) is 6.26. The molecule has 0 N–H and O–H groups in total. The van der Waals surface area contributed by atoms with Gasteiger partial charge in [-0.25, -0.2) is 15.0 Å². The van der Waals surface area contributed by atoms with Crippen molar-refractivity contribution in [2.45, 2.75) is 27.1 Å². The summed E-state index contributed by atoms with van der Waals surface area (Å²) in [5.74, 6) is 2.30. The third-order valence-corrected chi connectivity index (χ3v) is 6.26. The number of aromatic nitrogens is 5. The van der Waals surface area contributed by atoms with Crippen molar-refractivity contribution in [3.05, 3.63) is 72.4 Å². The molecule has 5 rings (SSSR count). The summed E-state index contributed by atoms with van der Waals surface area (Å²) >= 11 is 0. The Labute approximate surface area is 210 Å². The lowest BCUT2D eigenvalue weighted by atomic mass is 10.1. The number of rotatable bonds is 7. The number of benzene rings is 1. The fourth-order valence-corrected chi connectivity index (χ4v) is 4.51. The lowest BCUT2D eigenvalue weighted by Crippen LogP contribution is -2.41. The van der Waals surface area contributed by atoms with Crippen LogP contribution in [0.5, 0.6) is 0 Å². The SMILES string of the molecule is C=Nc1c(/C(=N\Cn2cc(-c3ccccc3)c(C)n2)N2CCOCC2)nc(-c2ccncc2)n1CC. The minimum absolute atomic E-state index is 0.362. The molecule has 3 aromatic heterocycles. The van der Waals surface area contributed by atoms with Gasteiger partial charge in [-0.3, -0.25) is 9.67 Å². The molecule has 0 atom stereocenters. The second-order valence-corrected chi connectivity index (χ2v) is 8.50. The summed E-state index contributed by atoms with van der Waals surface area (Å²) in [6.07, 6.45) is 5.59. The van der Waals surface area contributed by atoms with Crippen molar-refractivity contribution in [2.24, 2.45) is 9.98 Å². The number of nitrogens with zero attached hydrogens (tertiary/aromatic N) is 8. The van der Waals surface area contributed by atoms with E-state index >= 15 is 0 Å². The van der Waals surface area contributed by atoms with E-state index in [1.807, 2.05) is 48.1 Å². The molecule has 0 saturated carbocycles. The molecule has 0 spiro atoms. The fraction of sp³-hybridized carbons (Fsp3) is 0.296. The van der Waals surface area contributed by atoms with Gasteiger partial charge in [-0.1, -0.05) is 30.3 Å². The first-order valence-corrected chi connectivity index (χ1v) is 12.1. The molecule has 1 aliphatic rings. The molecule has 1 aliphatic heterocycles. The molecule has 184 valence electrons. The summed E-state index contributed by atoms with van der Waals surface area (Å²) in [7, 11) is 0. The van der Waals surface area contributed by atoms with Gasteiger partial charge < -0.3 is 14.2 Å². The Morgan fingerprint density at radius 3 is 2.50 bits per heavy atom. The molecule has 0 bridgehead atoms. The van der Waals surface area contributed by atoms with E-state index in [4.69, 9.17) is 19.8 Å². The van der Waals surface area contributed by atoms with Crippen LogP contribution in [0.25, 0.3) is 22.5 Å². The van der Waals surface area contributed by atoms with Crippen LogP contribution in [0, 0.1) is 6.92 Å². The topological polar surface area (TPSA) is 85.7 Å². The van der Waals surface area contributed by atoms with Gasteiger partial charge in [0.25, 0.3) is 0 Å². The van der Waals surface area contributed by atoms with Crippen LogP contribution in [-0.4, -0.2) is 68.1 Å². The van der Waals surface area contributed by atoms with E-state index in [1.165, 1.54) is 0 Å². The minimum Gasteiger partial charge on any atom is -0.378 e. The van der Waals surface area contributed by atoms with E-state index < -0.39 is 0 Å². The van der Waals surface area contributed by atoms with Crippen LogP contribution in [0.3, 0.4) is 0 Å². The number of aliphatic imine (C=N–C) groups is 2. The van der Waals surface area contributed by atoms with Gasteiger partial charge in [-0.05, 0) is 38.3 Å². The van der Waals surface area contributed by atoms with E-state index in [1.54, 1.807) is 12.4 Å². The molecule has 1 fully saturated rings. The van der Waals surface area contributed by atoms with Gasteiger partial charge in [0.15, 0.2) is 17.3 Å². The van der Waals surface area contributed by atoms with Gasteiger partial charge in [0, 0.05) is 49.4 Å². The highest BCUT2D eigenvalue weighted by atomic mass is 16.5. The Morgan fingerprint density at radius 1 is 1.06 bits per heavy atom. The number of morpholine rings is 1. The van der Waals surface area contributed by atoms with E-state index in [2.05, 4.69) is 45.2 Å². The fourth-order valence-electron chi connectivity index (χ4n) is 4.51. The van der Waals surface area contributed by atoms with Gasteiger partial charge in [-0.2, -0.15) is 5.10 Å². The number of pyridine rings is 1. The second kappa shape index (κ2) is 10.7. The lowest BCUT2D eigenvalue weighted by molar-refractivity contribution is 0.0680. The quantitative estimate of drug-likeness (QED) is 0.291. The number of ether oxygens (including phenoxy) is 1. The Hall–Kier alpha value is -4.11. The molecule has 0 amide bonds. The molecule has 36 heavy (non-hydrogen) atoms. The Morgan fingerprint density at radius 2 is 1.81 bits per heavy atom. The van der Waals surface area contributed by atoms with Gasteiger partial charge >= 0.3 is 0 Å². The Kier molecular flexibility index (Phi) is 6.99. The average molecular weight is 483 g/mol. The van der Waals surface area contributed by atoms with Gasteiger partial charge in [-0.15, -0.1) is 0 Å². The maximum Gasteiger partial charge on any atom is 0.163 e. The van der Waals surface area contributed by atoms with Crippen molar-refractivity contribution in [2.75, 3.05) is 26.3 Å². The first kappa shape index (κ1) is 23.6. The van der Waals surface area contributed by atoms with Crippen molar-refractivity contribution < 1.29 is 4.74 Å². The van der Waals surface area contributed by atoms with Gasteiger partial charge in [0.1, 0.15) is 12.5 Å². The molecule has 4 heterocycles. The summed E-state index contributed by atoms with van der Waals surface area (Å²) in [5, 5.41) is 4.72. The van der Waals surface area contributed by atoms with Crippen molar-refractivity contribution in [1.82, 2.24) is 29.2 Å². The van der Waals surface area contributed by atoms with Crippen LogP contribution < -0.4 is 0 Å². The zero-order valence-corrected chi connectivity index (χ0v) is 20.7. The number of hydrogen-bond donors (Lipinski definition) is 0. The standard InChI is InChI=1S/C27H30N8O/c1-4-35-25(22-10-12-29-13-11-22)31-24(26(35)28-3)27(33-14-16-36-17-15-33)30-19-34-18-23(20(2)32-34)21-8-6-5-7-9-21/h5-13,18H,3-4,14-17,19H2,1-2H3/b30-27+.